The summed E-state index contributed by atoms with van der Waals surface area (Å²) in [7, 11) is -10.7. The molecule has 242 valence electrons. The molecule has 5 rings (SSSR count). The Labute approximate surface area is 247 Å². The Morgan fingerprint density at radius 2 is 1.55 bits per heavy atom. The third kappa shape index (κ3) is 6.70. The van der Waals surface area contributed by atoms with Gasteiger partial charge in [-0.25, -0.2) is 24.1 Å². The molecule has 0 aromatic carbocycles. The molecule has 3 aliphatic heterocycles. The molecule has 2 saturated heterocycles. The molecular formula is C21H29N7O14P2. The van der Waals surface area contributed by atoms with Crippen molar-refractivity contribution in [2.24, 2.45) is 5.73 Å². The molecule has 0 saturated carbocycles. The van der Waals surface area contributed by atoms with Gasteiger partial charge in [-0.2, -0.15) is 4.31 Å². The molecule has 10 N–H and O–H groups in total. The van der Waals surface area contributed by atoms with Gasteiger partial charge in [-0.05, 0) is 6.42 Å². The number of carbonyl (C=O) groups is 1. The molecule has 23 heteroatoms. The molecule has 2 fully saturated rings. The number of aliphatic hydroxyl groups is 4. The van der Waals surface area contributed by atoms with E-state index in [2.05, 4.69) is 19.3 Å². The fourth-order valence-corrected chi connectivity index (χ4v) is 6.77. The van der Waals surface area contributed by atoms with Crippen LogP contribution < -0.4 is 11.5 Å². The van der Waals surface area contributed by atoms with Crippen LogP contribution in [0.4, 0.5) is 5.82 Å². The van der Waals surface area contributed by atoms with Crippen molar-refractivity contribution in [2.45, 2.75) is 55.5 Å². The number of ether oxygens (including phenoxy) is 2. The van der Waals surface area contributed by atoms with Crippen molar-refractivity contribution in [3.8, 4) is 0 Å². The van der Waals surface area contributed by atoms with E-state index in [0.717, 1.165) is 6.33 Å². The highest BCUT2D eigenvalue weighted by molar-refractivity contribution is 7.61. The van der Waals surface area contributed by atoms with Crippen molar-refractivity contribution >= 4 is 38.5 Å². The molecule has 0 aliphatic carbocycles. The Morgan fingerprint density at radius 1 is 0.955 bits per heavy atom. The van der Waals surface area contributed by atoms with E-state index in [1.54, 1.807) is 6.08 Å². The zero-order chi connectivity index (χ0) is 32.0. The molecular weight excluding hydrogens is 636 g/mol. The number of phosphoric ester groups is 2. The van der Waals surface area contributed by atoms with Crippen LogP contribution in [0.25, 0.3) is 11.2 Å². The maximum atomic E-state index is 12.4. The van der Waals surface area contributed by atoms with Gasteiger partial charge in [0, 0.05) is 18.0 Å². The summed E-state index contributed by atoms with van der Waals surface area (Å²) in [5.41, 5.74) is 11.6. The highest BCUT2D eigenvalue weighted by atomic mass is 31.3. The SMILES string of the molecule is NC(=O)C1=CN([C@@H]2O[C@H](COP(=O)(O)OP(=O)(O)OC[C@@H]3O[C@H](n4cnc5c(N)ncnc54)[C@H](O)[C@@H]3O)[C@H](O)[C@H]2O)C=CC1. The van der Waals surface area contributed by atoms with E-state index in [1.807, 2.05) is 0 Å². The molecule has 10 atom stereocenters. The lowest BCUT2D eigenvalue weighted by molar-refractivity contribution is -0.115. The van der Waals surface area contributed by atoms with Gasteiger partial charge in [0.2, 0.25) is 5.91 Å². The number of fused-ring (bicyclic) bond motifs is 1. The van der Waals surface area contributed by atoms with Crippen molar-refractivity contribution in [1.29, 1.82) is 0 Å². The summed E-state index contributed by atoms with van der Waals surface area (Å²) < 4.78 is 50.8. The fourth-order valence-electron chi connectivity index (χ4n) is 4.68. The lowest BCUT2D eigenvalue weighted by Gasteiger charge is -2.28. The molecule has 0 bridgehead atoms. The summed E-state index contributed by atoms with van der Waals surface area (Å²) in [4.78, 5) is 44.6. The molecule has 2 aromatic heterocycles. The summed E-state index contributed by atoms with van der Waals surface area (Å²) in [5.74, 6) is -0.658. The molecule has 2 aromatic rings. The van der Waals surface area contributed by atoms with Crippen molar-refractivity contribution in [1.82, 2.24) is 24.4 Å². The molecule has 0 spiro atoms. The average molecular weight is 665 g/mol. The number of aliphatic hydroxyl groups excluding tert-OH is 4. The Balaban J connectivity index is 1.15. The van der Waals surface area contributed by atoms with Crippen LogP contribution in [0.2, 0.25) is 0 Å². The van der Waals surface area contributed by atoms with Gasteiger partial charge in [-0.3, -0.25) is 18.4 Å². The van der Waals surface area contributed by atoms with E-state index in [4.69, 9.17) is 30.0 Å². The highest BCUT2D eigenvalue weighted by Crippen LogP contribution is 2.60. The Kier molecular flexibility index (Phi) is 9.23. The second kappa shape index (κ2) is 12.5. The number of hydrogen-bond acceptors (Lipinski definition) is 17. The van der Waals surface area contributed by atoms with Crippen molar-refractivity contribution in [3.63, 3.8) is 0 Å². The molecule has 0 radical (unpaired) electrons. The Hall–Kier alpha value is -2.88. The molecule has 44 heavy (non-hydrogen) atoms. The largest absolute Gasteiger partial charge is 0.481 e. The van der Waals surface area contributed by atoms with Crippen molar-refractivity contribution in [3.05, 3.63) is 36.7 Å². The zero-order valence-electron chi connectivity index (χ0n) is 22.4. The lowest BCUT2D eigenvalue weighted by Crippen LogP contribution is -2.40. The first-order chi connectivity index (χ1) is 20.7. The van der Waals surface area contributed by atoms with Crippen molar-refractivity contribution < 1.29 is 67.0 Å². The minimum absolute atomic E-state index is 0.0517. The minimum Gasteiger partial charge on any atom is -0.387 e. The number of anilines is 1. The van der Waals surface area contributed by atoms with E-state index in [0.29, 0.717) is 0 Å². The minimum atomic E-state index is -5.37. The topological polar surface area (TPSA) is 318 Å². The quantitative estimate of drug-likeness (QED) is 0.113. The third-order valence-electron chi connectivity index (χ3n) is 6.88. The number of primary amides is 1. The van der Waals surface area contributed by atoms with E-state index in [9.17, 15) is 44.1 Å². The Bertz CT molecular complexity index is 1560. The summed E-state index contributed by atoms with van der Waals surface area (Å²) in [6.45, 7) is -1.79. The van der Waals surface area contributed by atoms with Crippen LogP contribution in [0.3, 0.4) is 0 Å². The van der Waals surface area contributed by atoms with Crippen LogP contribution in [-0.2, 0) is 36.8 Å². The monoisotopic (exact) mass is 665 g/mol. The maximum Gasteiger partial charge on any atom is 0.481 e. The summed E-state index contributed by atoms with van der Waals surface area (Å²) in [6.07, 6.45) is -4.88. The van der Waals surface area contributed by atoms with E-state index < -0.39 is 83.8 Å². The fraction of sp³-hybridized carbons (Fsp3) is 0.524. The van der Waals surface area contributed by atoms with E-state index in [1.165, 1.54) is 28.2 Å². The normalized spacial score (nSPS) is 33.3. The summed E-state index contributed by atoms with van der Waals surface area (Å²) in [6, 6.07) is 0. The Morgan fingerprint density at radius 3 is 2.16 bits per heavy atom. The summed E-state index contributed by atoms with van der Waals surface area (Å²) in [5, 5.41) is 41.6. The number of nitrogen functional groups attached to an aromatic ring is 1. The number of rotatable bonds is 11. The predicted molar refractivity (Wildman–Crippen MR) is 142 cm³/mol. The number of phosphoric acid groups is 2. The molecule has 1 amide bonds. The smallest absolute Gasteiger partial charge is 0.387 e. The summed E-state index contributed by atoms with van der Waals surface area (Å²) >= 11 is 0. The van der Waals surface area contributed by atoms with Gasteiger partial charge in [-0.15, -0.1) is 0 Å². The van der Waals surface area contributed by atoms with Crippen LogP contribution in [0.5, 0.6) is 0 Å². The molecule has 2 unspecified atom stereocenters. The third-order valence-corrected chi connectivity index (χ3v) is 9.48. The number of nitrogens with two attached hydrogens (primary N) is 2. The second-order valence-corrected chi connectivity index (χ2v) is 12.9. The number of amides is 1. The molecule has 5 heterocycles. The second-order valence-electron chi connectivity index (χ2n) is 9.84. The van der Waals surface area contributed by atoms with Crippen molar-refractivity contribution in [2.75, 3.05) is 18.9 Å². The lowest BCUT2D eigenvalue weighted by atomic mass is 10.1. The molecule has 21 nitrogen and oxygen atoms in total. The van der Waals surface area contributed by atoms with Gasteiger partial charge < -0.3 is 56.1 Å². The van der Waals surface area contributed by atoms with Crippen LogP contribution in [0.15, 0.2) is 36.7 Å². The predicted octanol–water partition coefficient (Wildman–Crippen LogP) is -2.69. The van der Waals surface area contributed by atoms with Gasteiger partial charge in [0.1, 0.15) is 48.5 Å². The van der Waals surface area contributed by atoms with Crippen LogP contribution >= 0.6 is 15.6 Å². The number of nitrogens with zero attached hydrogens (tertiary/aromatic N) is 5. The average Bonchev–Trinajstić information content (AvgIpc) is 3.61. The van der Waals surface area contributed by atoms with E-state index in [-0.39, 0.29) is 29.0 Å². The molecule has 3 aliphatic rings. The first-order valence-corrected chi connectivity index (χ1v) is 15.7. The first kappa shape index (κ1) is 32.5. The number of aromatic nitrogens is 4. The van der Waals surface area contributed by atoms with Gasteiger partial charge >= 0.3 is 15.6 Å². The van der Waals surface area contributed by atoms with Crippen LogP contribution in [-0.4, -0.2) is 117 Å². The standard InChI is InChI=1S/C21H29N7O14P2/c22-17-12-19(25-7-24-17)28(8-26-12)21-16(32)14(30)11(41-21)6-39-44(36,37)42-43(34,35)38-5-10-13(29)15(31)20(40-10)27-3-1-2-9(4-27)18(23)33/h1,3-4,7-8,10-11,13-16,20-21,29-32H,2,5-6H2,(H2,23,33)(H,34,35)(H,36,37)(H2,22,24,25)/t10-,11+,13+,14-,15-,16-,20-,21+/m1/s1. The van der Waals surface area contributed by atoms with Gasteiger partial charge in [-0.1, -0.05) is 6.08 Å². The van der Waals surface area contributed by atoms with Gasteiger partial charge in [0.15, 0.2) is 23.9 Å². The van der Waals surface area contributed by atoms with Gasteiger partial charge in [0.05, 0.1) is 19.5 Å². The first-order valence-electron chi connectivity index (χ1n) is 12.7. The highest BCUT2D eigenvalue weighted by Gasteiger charge is 2.48. The van der Waals surface area contributed by atoms with E-state index >= 15 is 0 Å². The number of hydrogen-bond donors (Lipinski definition) is 8. The number of allylic oxidation sites excluding steroid dienone is 1. The van der Waals surface area contributed by atoms with Crippen LogP contribution in [0, 0.1) is 0 Å². The number of imidazole rings is 1. The van der Waals surface area contributed by atoms with Gasteiger partial charge in [0.25, 0.3) is 0 Å². The zero-order valence-corrected chi connectivity index (χ0v) is 24.2. The maximum absolute atomic E-state index is 12.4. The van der Waals surface area contributed by atoms with Crippen LogP contribution in [0.1, 0.15) is 12.6 Å². The number of carbonyl (C=O) groups excluding carboxylic acids is 1.